The van der Waals surface area contributed by atoms with E-state index in [4.69, 9.17) is 23.2 Å². The van der Waals surface area contributed by atoms with Gasteiger partial charge < -0.3 is 5.11 Å². The molecule has 0 aliphatic carbocycles. The van der Waals surface area contributed by atoms with Crippen LogP contribution in [0.5, 0.6) is 0 Å². The zero-order valence-electron chi connectivity index (χ0n) is 10.7. The van der Waals surface area contributed by atoms with E-state index in [1.807, 2.05) is 13.8 Å². The van der Waals surface area contributed by atoms with Gasteiger partial charge in [0.15, 0.2) is 0 Å². The average Bonchev–Trinajstić information content (AvgIpc) is 2.28. The molecule has 2 nitrogen and oxygen atoms in total. The summed E-state index contributed by atoms with van der Waals surface area (Å²) in [7, 11) is 0. The van der Waals surface area contributed by atoms with Crippen LogP contribution in [0.2, 0.25) is 10.0 Å². The van der Waals surface area contributed by atoms with E-state index in [-0.39, 0.29) is 0 Å². The van der Waals surface area contributed by atoms with Gasteiger partial charge in [-0.05, 0) is 25.0 Å². The predicted molar refractivity (Wildman–Crippen MR) is 75.6 cm³/mol. The molecule has 1 N–H and O–H groups in total. The fraction of sp³-hybridized carbons (Fsp3) is 0.500. The Labute approximate surface area is 118 Å². The van der Waals surface area contributed by atoms with E-state index in [2.05, 4.69) is 0 Å². The maximum Gasteiger partial charge on any atom is 0.314 e. The Hall–Kier alpha value is -0.730. The summed E-state index contributed by atoms with van der Waals surface area (Å²) in [4.78, 5) is 11.8. The van der Waals surface area contributed by atoms with Crippen LogP contribution in [-0.2, 0) is 10.2 Å². The van der Waals surface area contributed by atoms with Gasteiger partial charge in [0.2, 0.25) is 0 Å². The van der Waals surface area contributed by atoms with Gasteiger partial charge in [-0.25, -0.2) is 0 Å². The second kappa shape index (κ2) is 6.44. The fourth-order valence-electron chi connectivity index (χ4n) is 2.50. The van der Waals surface area contributed by atoms with Crippen LogP contribution < -0.4 is 0 Å². The molecular formula is C14H18Cl2O2. The van der Waals surface area contributed by atoms with Crippen LogP contribution in [0, 0.1) is 0 Å². The van der Waals surface area contributed by atoms with Gasteiger partial charge in [-0.1, -0.05) is 56.0 Å². The van der Waals surface area contributed by atoms with Gasteiger partial charge in [0.1, 0.15) is 0 Å². The van der Waals surface area contributed by atoms with Crippen molar-refractivity contribution < 1.29 is 9.90 Å². The zero-order chi connectivity index (χ0) is 13.8. The summed E-state index contributed by atoms with van der Waals surface area (Å²) >= 11 is 12.4. The van der Waals surface area contributed by atoms with E-state index in [0.717, 1.165) is 12.8 Å². The van der Waals surface area contributed by atoms with E-state index in [1.165, 1.54) is 0 Å². The van der Waals surface area contributed by atoms with Crippen LogP contribution in [0.3, 0.4) is 0 Å². The number of carbonyl (C=O) groups is 1. The van der Waals surface area contributed by atoms with Crippen molar-refractivity contribution >= 4 is 29.2 Å². The minimum absolute atomic E-state index is 0.437. The lowest BCUT2D eigenvalue weighted by Crippen LogP contribution is -2.36. The molecule has 0 amide bonds. The number of carboxylic acids is 1. The molecule has 1 aromatic rings. The molecule has 0 saturated carbocycles. The molecule has 0 fully saturated rings. The van der Waals surface area contributed by atoms with Crippen LogP contribution in [0.25, 0.3) is 0 Å². The minimum Gasteiger partial charge on any atom is -0.481 e. The topological polar surface area (TPSA) is 37.3 Å². The SMILES string of the molecule is CCCC(CCC)(C(=O)O)c1c(Cl)cccc1Cl. The number of hydrogen-bond donors (Lipinski definition) is 1. The Balaban J connectivity index is 3.45. The van der Waals surface area contributed by atoms with Gasteiger partial charge in [-0.2, -0.15) is 0 Å². The largest absolute Gasteiger partial charge is 0.481 e. The second-order valence-corrected chi connectivity index (χ2v) is 5.30. The minimum atomic E-state index is -0.973. The summed E-state index contributed by atoms with van der Waals surface area (Å²) in [6.07, 6.45) is 2.63. The summed E-state index contributed by atoms with van der Waals surface area (Å²) in [6, 6.07) is 5.14. The van der Waals surface area contributed by atoms with Crippen LogP contribution in [0.4, 0.5) is 0 Å². The van der Waals surface area contributed by atoms with Crippen molar-refractivity contribution in [2.45, 2.75) is 44.9 Å². The molecule has 0 radical (unpaired) electrons. The molecule has 0 atom stereocenters. The molecule has 0 spiro atoms. The summed E-state index contributed by atoms with van der Waals surface area (Å²) in [6.45, 7) is 3.94. The van der Waals surface area contributed by atoms with Crippen molar-refractivity contribution in [2.24, 2.45) is 0 Å². The van der Waals surface area contributed by atoms with E-state index in [9.17, 15) is 9.90 Å². The number of benzene rings is 1. The van der Waals surface area contributed by atoms with Gasteiger partial charge in [0.25, 0.3) is 0 Å². The first-order chi connectivity index (χ1) is 8.49. The number of halogens is 2. The predicted octanol–water partition coefficient (Wildman–Crippen LogP) is 4.92. The number of rotatable bonds is 6. The Morgan fingerprint density at radius 2 is 1.61 bits per heavy atom. The molecule has 0 saturated heterocycles. The summed E-state index contributed by atoms with van der Waals surface area (Å²) in [5, 5.41) is 10.5. The lowest BCUT2D eigenvalue weighted by molar-refractivity contribution is -0.144. The highest BCUT2D eigenvalue weighted by atomic mass is 35.5. The smallest absolute Gasteiger partial charge is 0.314 e. The molecule has 4 heteroatoms. The van der Waals surface area contributed by atoms with Crippen LogP contribution >= 0.6 is 23.2 Å². The van der Waals surface area contributed by atoms with Gasteiger partial charge in [-0.3, -0.25) is 4.79 Å². The summed E-state index contributed by atoms with van der Waals surface area (Å²) < 4.78 is 0. The third-order valence-corrected chi connectivity index (χ3v) is 3.83. The average molecular weight is 289 g/mol. The highest BCUT2D eigenvalue weighted by Crippen LogP contribution is 2.42. The standard InChI is InChI=1S/C14H18Cl2O2/c1-3-8-14(9-4-2,13(17)18)12-10(15)6-5-7-11(12)16/h5-7H,3-4,8-9H2,1-2H3,(H,17,18). The van der Waals surface area contributed by atoms with E-state index in [0.29, 0.717) is 28.5 Å². The second-order valence-electron chi connectivity index (χ2n) is 4.48. The highest BCUT2D eigenvalue weighted by Gasteiger charge is 2.41. The van der Waals surface area contributed by atoms with Gasteiger partial charge in [0, 0.05) is 15.6 Å². The van der Waals surface area contributed by atoms with Crippen molar-refractivity contribution in [3.63, 3.8) is 0 Å². The Kier molecular flexibility index (Phi) is 5.48. The first-order valence-electron chi connectivity index (χ1n) is 6.17. The van der Waals surface area contributed by atoms with E-state index < -0.39 is 11.4 Å². The third-order valence-electron chi connectivity index (χ3n) is 3.20. The normalized spacial score (nSPS) is 11.6. The number of carboxylic acid groups (broad SMARTS) is 1. The first kappa shape index (κ1) is 15.3. The molecule has 100 valence electrons. The van der Waals surface area contributed by atoms with Crippen molar-refractivity contribution in [3.05, 3.63) is 33.8 Å². The third kappa shape index (κ3) is 2.81. The van der Waals surface area contributed by atoms with E-state index in [1.54, 1.807) is 18.2 Å². The van der Waals surface area contributed by atoms with Crippen molar-refractivity contribution in [1.82, 2.24) is 0 Å². The summed E-state index contributed by atoms with van der Waals surface area (Å²) in [5.74, 6) is -0.846. The molecular weight excluding hydrogens is 271 g/mol. The van der Waals surface area contributed by atoms with Crippen molar-refractivity contribution in [2.75, 3.05) is 0 Å². The lowest BCUT2D eigenvalue weighted by Gasteiger charge is -2.31. The van der Waals surface area contributed by atoms with Gasteiger partial charge in [0.05, 0.1) is 5.41 Å². The molecule has 0 aliphatic heterocycles. The maximum absolute atomic E-state index is 11.8. The van der Waals surface area contributed by atoms with Gasteiger partial charge in [-0.15, -0.1) is 0 Å². The molecule has 18 heavy (non-hydrogen) atoms. The van der Waals surface area contributed by atoms with Crippen LogP contribution in [-0.4, -0.2) is 11.1 Å². The maximum atomic E-state index is 11.8. The quantitative estimate of drug-likeness (QED) is 0.807. The monoisotopic (exact) mass is 288 g/mol. The molecule has 0 aliphatic rings. The van der Waals surface area contributed by atoms with Crippen molar-refractivity contribution in [3.8, 4) is 0 Å². The Morgan fingerprint density at radius 1 is 1.17 bits per heavy atom. The highest BCUT2D eigenvalue weighted by molar-refractivity contribution is 6.36. The van der Waals surface area contributed by atoms with E-state index >= 15 is 0 Å². The molecule has 0 bridgehead atoms. The molecule has 0 heterocycles. The van der Waals surface area contributed by atoms with Crippen LogP contribution in [0.15, 0.2) is 18.2 Å². The first-order valence-corrected chi connectivity index (χ1v) is 6.93. The lowest BCUT2D eigenvalue weighted by atomic mass is 9.73. The Bertz CT molecular complexity index is 404. The van der Waals surface area contributed by atoms with Crippen molar-refractivity contribution in [1.29, 1.82) is 0 Å². The van der Waals surface area contributed by atoms with Crippen LogP contribution in [0.1, 0.15) is 45.1 Å². The number of hydrogen-bond acceptors (Lipinski definition) is 1. The number of aliphatic carboxylic acids is 1. The fourth-order valence-corrected chi connectivity index (χ4v) is 3.26. The molecule has 1 aromatic carbocycles. The molecule has 1 rings (SSSR count). The molecule has 0 aromatic heterocycles. The van der Waals surface area contributed by atoms with Gasteiger partial charge >= 0.3 is 5.97 Å². The molecule has 0 unspecified atom stereocenters. The Morgan fingerprint density at radius 3 is 1.94 bits per heavy atom. The zero-order valence-corrected chi connectivity index (χ0v) is 12.2. The summed E-state index contributed by atoms with van der Waals surface area (Å²) in [5.41, 5.74) is -0.414.